The van der Waals surface area contributed by atoms with E-state index in [0.717, 1.165) is 0 Å². The van der Waals surface area contributed by atoms with Gasteiger partial charge in [-0.15, -0.1) is 0 Å². The Morgan fingerprint density at radius 1 is 1.36 bits per heavy atom. The number of aliphatic hydroxyl groups is 4. The number of ketones is 1. The molecule has 66 valence electrons. The third kappa shape index (κ3) is 2.94. The molecule has 0 aliphatic rings. The van der Waals surface area contributed by atoms with Crippen LogP contribution in [-0.4, -0.2) is 51.1 Å². The molecule has 0 aromatic heterocycles. The van der Waals surface area contributed by atoms with Gasteiger partial charge in [-0.25, -0.2) is 0 Å². The van der Waals surface area contributed by atoms with Gasteiger partial charge in [0.15, 0.2) is 5.78 Å². The Morgan fingerprint density at radius 3 is 2.09 bits per heavy atom. The summed E-state index contributed by atoms with van der Waals surface area (Å²) in [5, 5.41) is 34.4. The van der Waals surface area contributed by atoms with Gasteiger partial charge < -0.3 is 20.4 Å². The molecule has 0 saturated carbocycles. The average Bonchev–Trinajstić information content (AvgIpc) is 2.00. The molecule has 5 nitrogen and oxygen atoms in total. The van der Waals surface area contributed by atoms with E-state index in [1.165, 1.54) is 6.92 Å². The molecule has 0 aliphatic heterocycles. The first-order valence-corrected chi connectivity index (χ1v) is 3.19. The molecule has 0 aromatic rings. The molecule has 4 N–H and O–H groups in total. The van der Waals surface area contributed by atoms with E-state index in [-0.39, 0.29) is 0 Å². The smallest absolute Gasteiger partial charge is 0.194 e. The first kappa shape index (κ1) is 10.5. The largest absolute Gasteiger partial charge is 0.393 e. The fraction of sp³-hybridized carbons (Fsp3) is 0.833. The minimum atomic E-state index is -1.63. The average molecular weight is 164 g/mol. The molecular formula is C6H12O5. The van der Waals surface area contributed by atoms with Gasteiger partial charge in [-0.1, -0.05) is 0 Å². The van der Waals surface area contributed by atoms with Crippen molar-refractivity contribution in [2.45, 2.75) is 25.2 Å². The summed E-state index contributed by atoms with van der Waals surface area (Å²) < 4.78 is 0. The van der Waals surface area contributed by atoms with Gasteiger partial charge in [0.25, 0.3) is 0 Å². The summed E-state index contributed by atoms with van der Waals surface area (Å²) >= 11 is 0. The van der Waals surface area contributed by atoms with Crippen LogP contribution in [0.5, 0.6) is 0 Å². The van der Waals surface area contributed by atoms with Gasteiger partial charge in [0.1, 0.15) is 12.2 Å². The molecule has 3 unspecified atom stereocenters. The zero-order chi connectivity index (χ0) is 9.02. The molecule has 0 amide bonds. The highest BCUT2D eigenvalue weighted by molar-refractivity contribution is 5.87. The fourth-order valence-electron chi connectivity index (χ4n) is 0.525. The predicted molar refractivity (Wildman–Crippen MR) is 35.8 cm³/mol. The quantitative estimate of drug-likeness (QED) is 0.373. The molecule has 0 radical (unpaired) electrons. The lowest BCUT2D eigenvalue weighted by Gasteiger charge is -2.14. The van der Waals surface area contributed by atoms with Crippen molar-refractivity contribution >= 4 is 5.78 Å². The minimum Gasteiger partial charge on any atom is -0.393 e. The van der Waals surface area contributed by atoms with Crippen LogP contribution >= 0.6 is 0 Å². The van der Waals surface area contributed by atoms with Crippen molar-refractivity contribution < 1.29 is 25.2 Å². The van der Waals surface area contributed by atoms with Crippen molar-refractivity contribution in [3.05, 3.63) is 0 Å². The highest BCUT2D eigenvalue weighted by Gasteiger charge is 2.26. The van der Waals surface area contributed by atoms with Crippen molar-refractivity contribution in [1.29, 1.82) is 0 Å². The summed E-state index contributed by atoms with van der Waals surface area (Å²) in [6.07, 6.45) is -4.47. The summed E-state index contributed by atoms with van der Waals surface area (Å²) in [4.78, 5) is 10.7. The molecule has 0 aliphatic carbocycles. The SMILES string of the molecule is CC(O)C(O)C(=O)C(O)CO. The van der Waals surface area contributed by atoms with E-state index in [0.29, 0.717) is 0 Å². The molecule has 3 atom stereocenters. The maximum Gasteiger partial charge on any atom is 0.194 e. The summed E-state index contributed by atoms with van der Waals surface area (Å²) in [5.74, 6) is -0.970. The van der Waals surface area contributed by atoms with Crippen LogP contribution in [0.1, 0.15) is 6.92 Å². The Bertz CT molecular complexity index is 133. The van der Waals surface area contributed by atoms with E-state index in [1.54, 1.807) is 0 Å². The zero-order valence-electron chi connectivity index (χ0n) is 6.14. The number of carbonyl (C=O) groups is 1. The van der Waals surface area contributed by atoms with Crippen molar-refractivity contribution in [3.63, 3.8) is 0 Å². The second-order valence-corrected chi connectivity index (χ2v) is 2.29. The standard InChI is InChI=1S/C6H12O5/c1-3(8)5(10)6(11)4(9)2-7/h3-5,7-10H,2H2,1H3. The van der Waals surface area contributed by atoms with Crippen molar-refractivity contribution in [3.8, 4) is 0 Å². The summed E-state index contributed by atoms with van der Waals surface area (Å²) in [6.45, 7) is 0.468. The van der Waals surface area contributed by atoms with Crippen LogP contribution in [-0.2, 0) is 4.79 Å². The van der Waals surface area contributed by atoms with Crippen molar-refractivity contribution in [1.82, 2.24) is 0 Å². The Hall–Kier alpha value is -0.490. The molecule has 11 heavy (non-hydrogen) atoms. The van der Waals surface area contributed by atoms with Crippen molar-refractivity contribution in [2.24, 2.45) is 0 Å². The van der Waals surface area contributed by atoms with Crippen LogP contribution in [0.25, 0.3) is 0 Å². The monoisotopic (exact) mass is 164 g/mol. The first-order chi connectivity index (χ1) is 5.00. The van der Waals surface area contributed by atoms with E-state index < -0.39 is 30.7 Å². The molecule has 0 heterocycles. The number of carbonyl (C=O) groups excluding carboxylic acids is 1. The van der Waals surface area contributed by atoms with Gasteiger partial charge in [0.2, 0.25) is 0 Å². The van der Waals surface area contributed by atoms with E-state index in [1.807, 2.05) is 0 Å². The highest BCUT2D eigenvalue weighted by atomic mass is 16.4. The van der Waals surface area contributed by atoms with E-state index in [4.69, 9.17) is 20.4 Å². The van der Waals surface area contributed by atoms with E-state index in [9.17, 15) is 4.79 Å². The Kier molecular flexibility index (Phi) is 4.20. The van der Waals surface area contributed by atoms with Crippen LogP contribution in [0.3, 0.4) is 0 Å². The first-order valence-electron chi connectivity index (χ1n) is 3.19. The summed E-state index contributed by atoms with van der Waals surface area (Å²) in [7, 11) is 0. The Morgan fingerprint density at radius 2 is 1.82 bits per heavy atom. The van der Waals surface area contributed by atoms with Crippen LogP contribution in [0, 0.1) is 0 Å². The molecule has 0 fully saturated rings. The molecule has 5 heteroatoms. The molecule has 0 saturated heterocycles. The van der Waals surface area contributed by atoms with Crippen LogP contribution in [0.2, 0.25) is 0 Å². The third-order valence-electron chi connectivity index (χ3n) is 1.25. The Labute approximate surface area is 63.9 Å². The van der Waals surface area contributed by atoms with Gasteiger partial charge in [-0.05, 0) is 6.92 Å². The summed E-state index contributed by atoms with van der Waals surface area (Å²) in [5.41, 5.74) is 0. The van der Waals surface area contributed by atoms with Crippen LogP contribution in [0.4, 0.5) is 0 Å². The lowest BCUT2D eigenvalue weighted by molar-refractivity contribution is -0.142. The predicted octanol–water partition coefficient (Wildman–Crippen LogP) is -2.35. The minimum absolute atomic E-state index is 0.747. The maximum atomic E-state index is 10.7. The third-order valence-corrected chi connectivity index (χ3v) is 1.25. The lowest BCUT2D eigenvalue weighted by atomic mass is 10.1. The number of hydrogen-bond donors (Lipinski definition) is 4. The van der Waals surface area contributed by atoms with Crippen LogP contribution in [0.15, 0.2) is 0 Å². The van der Waals surface area contributed by atoms with Gasteiger partial charge in [0.05, 0.1) is 12.7 Å². The number of Topliss-reactive ketones (excluding diaryl/α,β-unsaturated/α-hetero) is 1. The summed E-state index contributed by atoms with van der Waals surface area (Å²) in [6, 6.07) is 0. The normalized spacial score (nSPS) is 19.0. The Balaban J connectivity index is 4.02. The second-order valence-electron chi connectivity index (χ2n) is 2.29. The molecule has 0 rings (SSSR count). The van der Waals surface area contributed by atoms with E-state index in [2.05, 4.69) is 0 Å². The maximum absolute atomic E-state index is 10.7. The van der Waals surface area contributed by atoms with Gasteiger partial charge in [-0.3, -0.25) is 4.79 Å². The van der Waals surface area contributed by atoms with Crippen LogP contribution < -0.4 is 0 Å². The molecule has 0 bridgehead atoms. The molecule has 0 spiro atoms. The number of aliphatic hydroxyl groups excluding tert-OH is 4. The second kappa shape index (κ2) is 4.40. The molecule has 0 aromatic carbocycles. The van der Waals surface area contributed by atoms with Crippen molar-refractivity contribution in [2.75, 3.05) is 6.61 Å². The van der Waals surface area contributed by atoms with Gasteiger partial charge >= 0.3 is 0 Å². The number of rotatable bonds is 4. The molecular weight excluding hydrogens is 152 g/mol. The number of hydrogen-bond acceptors (Lipinski definition) is 5. The topological polar surface area (TPSA) is 98.0 Å². The van der Waals surface area contributed by atoms with Gasteiger partial charge in [0, 0.05) is 0 Å². The lowest BCUT2D eigenvalue weighted by Crippen LogP contribution is -2.40. The zero-order valence-corrected chi connectivity index (χ0v) is 6.14. The fourth-order valence-corrected chi connectivity index (χ4v) is 0.525. The van der Waals surface area contributed by atoms with E-state index >= 15 is 0 Å². The van der Waals surface area contributed by atoms with Gasteiger partial charge in [-0.2, -0.15) is 0 Å². The highest BCUT2D eigenvalue weighted by Crippen LogP contribution is 1.97.